The molecule has 0 radical (unpaired) electrons. The molecule has 0 aliphatic carbocycles. The van der Waals surface area contributed by atoms with Gasteiger partial charge in [0.2, 0.25) is 5.91 Å². The minimum Gasteiger partial charge on any atom is -0.465 e. The first-order valence-corrected chi connectivity index (χ1v) is 10.9. The molecule has 2 N–H and O–H groups in total. The number of anilines is 2. The zero-order valence-electron chi connectivity index (χ0n) is 17.1. The molecule has 0 bridgehead atoms. The third-order valence-electron chi connectivity index (χ3n) is 4.39. The Bertz CT molecular complexity index is 1080. The van der Waals surface area contributed by atoms with Crippen molar-refractivity contribution in [3.63, 3.8) is 0 Å². The predicted octanol–water partition coefficient (Wildman–Crippen LogP) is 4.95. The topological polar surface area (TPSA) is 84.5 Å². The van der Waals surface area contributed by atoms with Crippen LogP contribution in [-0.4, -0.2) is 24.9 Å². The average molecular weight is 443 g/mol. The molecule has 156 valence electrons. The first kappa shape index (κ1) is 21.7. The SMILES string of the molecule is COC(=O)c1c(NC(=O)Cc2cccs2)sc(C(=O)Nc2cc(C)cc(C)c2)c1C. The van der Waals surface area contributed by atoms with Crippen LogP contribution in [0.25, 0.3) is 0 Å². The van der Waals surface area contributed by atoms with E-state index in [0.717, 1.165) is 27.3 Å². The van der Waals surface area contributed by atoms with Crippen molar-refractivity contribution in [1.82, 2.24) is 0 Å². The highest BCUT2D eigenvalue weighted by Gasteiger charge is 2.26. The van der Waals surface area contributed by atoms with Gasteiger partial charge in [0.05, 0.1) is 24.0 Å². The van der Waals surface area contributed by atoms with E-state index in [9.17, 15) is 14.4 Å². The predicted molar refractivity (Wildman–Crippen MR) is 121 cm³/mol. The van der Waals surface area contributed by atoms with Crippen LogP contribution in [0.2, 0.25) is 0 Å². The summed E-state index contributed by atoms with van der Waals surface area (Å²) in [5.74, 6) is -1.20. The zero-order valence-corrected chi connectivity index (χ0v) is 18.8. The minimum absolute atomic E-state index is 0.194. The Morgan fingerprint density at radius 3 is 2.33 bits per heavy atom. The third kappa shape index (κ3) is 4.95. The third-order valence-corrected chi connectivity index (χ3v) is 6.47. The van der Waals surface area contributed by atoms with E-state index in [4.69, 9.17) is 4.74 Å². The Labute approximate surface area is 182 Å². The van der Waals surface area contributed by atoms with Gasteiger partial charge in [-0.25, -0.2) is 4.79 Å². The van der Waals surface area contributed by atoms with Crippen LogP contribution in [0.3, 0.4) is 0 Å². The number of rotatable bonds is 6. The molecule has 0 aliphatic rings. The largest absolute Gasteiger partial charge is 0.465 e. The molecule has 0 fully saturated rings. The summed E-state index contributed by atoms with van der Waals surface area (Å²) < 4.78 is 4.87. The first-order valence-electron chi connectivity index (χ1n) is 9.22. The van der Waals surface area contributed by atoms with Gasteiger partial charge in [0, 0.05) is 10.6 Å². The van der Waals surface area contributed by atoms with Gasteiger partial charge in [-0.3, -0.25) is 9.59 Å². The Morgan fingerprint density at radius 1 is 1.03 bits per heavy atom. The molecule has 0 spiro atoms. The summed E-state index contributed by atoms with van der Waals surface area (Å²) in [5.41, 5.74) is 3.41. The van der Waals surface area contributed by atoms with Crippen LogP contribution < -0.4 is 10.6 Å². The normalized spacial score (nSPS) is 10.5. The van der Waals surface area contributed by atoms with Crippen molar-refractivity contribution in [2.45, 2.75) is 27.2 Å². The lowest BCUT2D eigenvalue weighted by Crippen LogP contribution is -2.15. The summed E-state index contributed by atoms with van der Waals surface area (Å²) in [7, 11) is 1.27. The highest BCUT2D eigenvalue weighted by molar-refractivity contribution is 7.19. The Morgan fingerprint density at radius 2 is 1.73 bits per heavy atom. The summed E-state index contributed by atoms with van der Waals surface area (Å²) in [4.78, 5) is 39.0. The molecule has 0 saturated carbocycles. The van der Waals surface area contributed by atoms with Crippen LogP contribution in [0.4, 0.5) is 10.7 Å². The van der Waals surface area contributed by atoms with Crippen molar-refractivity contribution < 1.29 is 19.1 Å². The maximum absolute atomic E-state index is 12.9. The molecule has 3 aromatic rings. The van der Waals surface area contributed by atoms with E-state index in [0.29, 0.717) is 21.1 Å². The molecule has 0 atom stereocenters. The fourth-order valence-corrected chi connectivity index (χ4v) is 4.95. The summed E-state index contributed by atoms with van der Waals surface area (Å²) in [6, 6.07) is 9.51. The van der Waals surface area contributed by atoms with Gasteiger partial charge in [-0.2, -0.15) is 0 Å². The maximum atomic E-state index is 12.9. The van der Waals surface area contributed by atoms with Gasteiger partial charge < -0.3 is 15.4 Å². The van der Waals surface area contributed by atoms with Gasteiger partial charge in [-0.05, 0) is 61.0 Å². The van der Waals surface area contributed by atoms with Crippen molar-refractivity contribution in [3.8, 4) is 0 Å². The molecule has 1 aromatic carbocycles. The first-order chi connectivity index (χ1) is 14.3. The van der Waals surface area contributed by atoms with Gasteiger partial charge in [0.15, 0.2) is 0 Å². The highest BCUT2D eigenvalue weighted by atomic mass is 32.1. The Hall–Kier alpha value is -2.97. The van der Waals surface area contributed by atoms with Crippen LogP contribution in [0.1, 0.15) is 41.6 Å². The van der Waals surface area contributed by atoms with Crippen molar-refractivity contribution >= 4 is 51.1 Å². The van der Waals surface area contributed by atoms with E-state index in [1.54, 1.807) is 6.92 Å². The maximum Gasteiger partial charge on any atom is 0.341 e. The summed E-state index contributed by atoms with van der Waals surface area (Å²) in [5, 5.41) is 7.85. The monoisotopic (exact) mass is 442 g/mol. The molecule has 8 heteroatoms. The fourth-order valence-electron chi connectivity index (χ4n) is 3.14. The van der Waals surface area contributed by atoms with Crippen LogP contribution in [0.15, 0.2) is 35.7 Å². The van der Waals surface area contributed by atoms with Gasteiger partial charge in [0.1, 0.15) is 5.00 Å². The Balaban J connectivity index is 1.88. The lowest BCUT2D eigenvalue weighted by molar-refractivity contribution is -0.115. The van der Waals surface area contributed by atoms with E-state index in [1.165, 1.54) is 18.4 Å². The summed E-state index contributed by atoms with van der Waals surface area (Å²) in [6.45, 7) is 5.58. The van der Waals surface area contributed by atoms with E-state index in [-0.39, 0.29) is 23.8 Å². The van der Waals surface area contributed by atoms with Gasteiger partial charge in [-0.15, -0.1) is 22.7 Å². The van der Waals surface area contributed by atoms with E-state index in [1.807, 2.05) is 49.6 Å². The van der Waals surface area contributed by atoms with Gasteiger partial charge in [-0.1, -0.05) is 12.1 Å². The fraction of sp³-hybridized carbons (Fsp3) is 0.227. The van der Waals surface area contributed by atoms with Crippen LogP contribution >= 0.6 is 22.7 Å². The van der Waals surface area contributed by atoms with Gasteiger partial charge >= 0.3 is 5.97 Å². The number of benzene rings is 1. The van der Waals surface area contributed by atoms with Crippen molar-refractivity contribution in [2.24, 2.45) is 0 Å². The quantitative estimate of drug-likeness (QED) is 0.529. The van der Waals surface area contributed by atoms with E-state index >= 15 is 0 Å². The highest BCUT2D eigenvalue weighted by Crippen LogP contribution is 2.34. The van der Waals surface area contributed by atoms with Crippen molar-refractivity contribution in [3.05, 3.63) is 67.7 Å². The summed E-state index contributed by atoms with van der Waals surface area (Å²) in [6.07, 6.45) is 0.194. The second kappa shape index (κ2) is 9.23. The number of hydrogen-bond donors (Lipinski definition) is 2. The smallest absolute Gasteiger partial charge is 0.341 e. The number of carbonyl (C=O) groups excluding carboxylic acids is 3. The second-order valence-corrected chi connectivity index (χ2v) is 8.94. The van der Waals surface area contributed by atoms with E-state index in [2.05, 4.69) is 10.6 Å². The number of thiophene rings is 2. The number of methoxy groups -OCH3 is 1. The van der Waals surface area contributed by atoms with Crippen molar-refractivity contribution in [2.75, 3.05) is 17.7 Å². The number of amides is 2. The number of nitrogens with one attached hydrogen (secondary N) is 2. The van der Waals surface area contributed by atoms with Crippen LogP contribution in [0, 0.1) is 20.8 Å². The van der Waals surface area contributed by atoms with Gasteiger partial charge in [0.25, 0.3) is 5.91 Å². The van der Waals surface area contributed by atoms with Crippen LogP contribution in [0.5, 0.6) is 0 Å². The Kier molecular flexibility index (Phi) is 6.69. The lowest BCUT2D eigenvalue weighted by Gasteiger charge is -2.07. The molecule has 6 nitrogen and oxygen atoms in total. The molecule has 0 aliphatic heterocycles. The number of ether oxygens (including phenoxy) is 1. The number of aryl methyl sites for hydroxylation is 2. The molecule has 0 unspecified atom stereocenters. The van der Waals surface area contributed by atoms with Crippen molar-refractivity contribution in [1.29, 1.82) is 0 Å². The molecular formula is C22H22N2O4S2. The molecular weight excluding hydrogens is 420 g/mol. The average Bonchev–Trinajstić information content (AvgIpc) is 3.28. The number of hydrogen-bond acceptors (Lipinski definition) is 6. The molecule has 30 heavy (non-hydrogen) atoms. The zero-order chi connectivity index (χ0) is 21.8. The summed E-state index contributed by atoms with van der Waals surface area (Å²) >= 11 is 2.55. The molecule has 2 aromatic heterocycles. The number of carbonyl (C=O) groups is 3. The van der Waals surface area contributed by atoms with E-state index < -0.39 is 5.97 Å². The lowest BCUT2D eigenvalue weighted by atomic mass is 10.1. The minimum atomic E-state index is -0.597. The second-order valence-electron chi connectivity index (χ2n) is 6.89. The van der Waals surface area contributed by atoms with Crippen LogP contribution in [-0.2, 0) is 16.0 Å². The molecule has 2 heterocycles. The standard InChI is InChI=1S/C22H22N2O4S2/c1-12-8-13(2)10-15(9-12)23-20(26)19-14(3)18(22(27)28-4)21(30-19)24-17(25)11-16-6-5-7-29-16/h5-10H,11H2,1-4H3,(H,23,26)(H,24,25). The molecule has 2 amide bonds. The molecule has 0 saturated heterocycles. The number of esters is 1. The molecule has 3 rings (SSSR count).